The number of aryl methyl sites for hydroxylation is 2. The van der Waals surface area contributed by atoms with Crippen molar-refractivity contribution in [1.82, 2.24) is 14.9 Å². The molecule has 0 radical (unpaired) electrons. The van der Waals surface area contributed by atoms with Crippen LogP contribution >= 0.6 is 0 Å². The Kier molecular flexibility index (Phi) is 5.54. The zero-order valence-corrected chi connectivity index (χ0v) is 11.6. The topological polar surface area (TPSA) is 84.2 Å². The van der Waals surface area contributed by atoms with Gasteiger partial charge in [-0.1, -0.05) is 13.8 Å². The molecular formula is C13H21N3O3. The van der Waals surface area contributed by atoms with Gasteiger partial charge in [-0.25, -0.2) is 4.98 Å². The second-order valence-electron chi connectivity index (χ2n) is 4.93. The van der Waals surface area contributed by atoms with E-state index >= 15 is 0 Å². The maximum absolute atomic E-state index is 11.8. The normalized spacial score (nSPS) is 12.4. The Morgan fingerprint density at radius 2 is 2.16 bits per heavy atom. The van der Waals surface area contributed by atoms with Crippen molar-refractivity contribution < 1.29 is 14.7 Å². The first-order chi connectivity index (χ1) is 8.90. The summed E-state index contributed by atoms with van der Waals surface area (Å²) in [5.41, 5.74) is 0. The lowest BCUT2D eigenvalue weighted by Gasteiger charge is -2.20. The number of aliphatic carboxylic acids is 1. The number of carbonyl (C=O) groups excluding carboxylic acids is 1. The van der Waals surface area contributed by atoms with Crippen LogP contribution in [0.4, 0.5) is 0 Å². The fourth-order valence-corrected chi connectivity index (χ4v) is 1.78. The SMILES string of the molecule is Cc1nccn1CCC(=O)N[C@@H](CC(=O)O)C(C)C. The van der Waals surface area contributed by atoms with Gasteiger partial charge in [0.15, 0.2) is 0 Å². The van der Waals surface area contributed by atoms with Crippen molar-refractivity contribution in [2.24, 2.45) is 5.92 Å². The third-order valence-corrected chi connectivity index (χ3v) is 3.05. The molecule has 1 atom stereocenters. The van der Waals surface area contributed by atoms with Gasteiger partial charge in [0, 0.05) is 31.4 Å². The Bertz CT molecular complexity index is 440. The van der Waals surface area contributed by atoms with E-state index in [1.165, 1.54) is 0 Å². The maximum Gasteiger partial charge on any atom is 0.305 e. The number of nitrogens with one attached hydrogen (secondary N) is 1. The lowest BCUT2D eigenvalue weighted by molar-refractivity contribution is -0.138. The molecule has 0 fully saturated rings. The molecule has 0 saturated heterocycles. The third kappa shape index (κ3) is 5.11. The van der Waals surface area contributed by atoms with E-state index in [0.29, 0.717) is 13.0 Å². The highest BCUT2D eigenvalue weighted by molar-refractivity contribution is 5.77. The fourth-order valence-electron chi connectivity index (χ4n) is 1.78. The lowest BCUT2D eigenvalue weighted by atomic mass is 10.0. The molecule has 106 valence electrons. The van der Waals surface area contributed by atoms with Gasteiger partial charge < -0.3 is 15.0 Å². The largest absolute Gasteiger partial charge is 0.481 e. The van der Waals surface area contributed by atoms with Crippen LogP contribution in [0.25, 0.3) is 0 Å². The number of carboxylic acids is 1. The van der Waals surface area contributed by atoms with E-state index in [4.69, 9.17) is 5.11 Å². The summed E-state index contributed by atoms with van der Waals surface area (Å²) < 4.78 is 1.89. The van der Waals surface area contributed by atoms with Gasteiger partial charge in [0.1, 0.15) is 5.82 Å². The molecule has 1 amide bonds. The van der Waals surface area contributed by atoms with Crippen LogP contribution in [0, 0.1) is 12.8 Å². The van der Waals surface area contributed by atoms with Crippen LogP contribution in [0.15, 0.2) is 12.4 Å². The average Bonchev–Trinajstić information content (AvgIpc) is 2.70. The van der Waals surface area contributed by atoms with Crippen molar-refractivity contribution in [1.29, 1.82) is 0 Å². The zero-order chi connectivity index (χ0) is 14.4. The number of rotatable bonds is 7. The Balaban J connectivity index is 2.44. The summed E-state index contributed by atoms with van der Waals surface area (Å²) in [6.45, 7) is 6.22. The van der Waals surface area contributed by atoms with E-state index in [9.17, 15) is 9.59 Å². The summed E-state index contributed by atoms with van der Waals surface area (Å²) in [7, 11) is 0. The van der Waals surface area contributed by atoms with Crippen molar-refractivity contribution in [2.45, 2.75) is 46.2 Å². The van der Waals surface area contributed by atoms with E-state index in [1.807, 2.05) is 31.5 Å². The van der Waals surface area contributed by atoms with Crippen LogP contribution in [-0.2, 0) is 16.1 Å². The predicted molar refractivity (Wildman–Crippen MR) is 70.6 cm³/mol. The van der Waals surface area contributed by atoms with E-state index in [1.54, 1.807) is 6.20 Å². The summed E-state index contributed by atoms with van der Waals surface area (Å²) in [6, 6.07) is -0.325. The number of nitrogens with zero attached hydrogens (tertiary/aromatic N) is 2. The number of imidazole rings is 1. The van der Waals surface area contributed by atoms with Gasteiger partial charge >= 0.3 is 5.97 Å². The minimum Gasteiger partial charge on any atom is -0.481 e. The highest BCUT2D eigenvalue weighted by Gasteiger charge is 2.19. The molecule has 1 aromatic heterocycles. The predicted octanol–water partition coefficient (Wildman–Crippen LogP) is 1.20. The molecule has 0 bridgehead atoms. The smallest absolute Gasteiger partial charge is 0.305 e. The fraction of sp³-hybridized carbons (Fsp3) is 0.615. The summed E-state index contributed by atoms with van der Waals surface area (Å²) in [5, 5.41) is 11.6. The quantitative estimate of drug-likeness (QED) is 0.777. The average molecular weight is 267 g/mol. The summed E-state index contributed by atoms with van der Waals surface area (Å²) in [4.78, 5) is 26.6. The number of aromatic nitrogens is 2. The molecule has 0 aromatic carbocycles. The molecule has 0 saturated carbocycles. The molecule has 1 rings (SSSR count). The minimum atomic E-state index is -0.899. The van der Waals surface area contributed by atoms with Crippen molar-refractivity contribution in [2.75, 3.05) is 0 Å². The van der Waals surface area contributed by atoms with Crippen LogP contribution in [0.3, 0.4) is 0 Å². The van der Waals surface area contributed by atoms with Gasteiger partial charge in [-0.05, 0) is 12.8 Å². The highest BCUT2D eigenvalue weighted by atomic mass is 16.4. The molecule has 0 unspecified atom stereocenters. The number of carbonyl (C=O) groups is 2. The van der Waals surface area contributed by atoms with E-state index in [0.717, 1.165) is 5.82 Å². The first kappa shape index (κ1) is 15.2. The molecule has 0 aliphatic heterocycles. The molecule has 6 heteroatoms. The minimum absolute atomic E-state index is 0.0481. The molecule has 1 aromatic rings. The summed E-state index contributed by atoms with van der Waals surface area (Å²) in [5.74, 6) is -0.0775. The van der Waals surface area contributed by atoms with Crippen LogP contribution in [0.5, 0.6) is 0 Å². The van der Waals surface area contributed by atoms with Gasteiger partial charge in [0.05, 0.1) is 6.42 Å². The first-order valence-corrected chi connectivity index (χ1v) is 6.39. The van der Waals surface area contributed by atoms with Crippen LogP contribution in [0.1, 0.15) is 32.5 Å². The maximum atomic E-state index is 11.8. The Hall–Kier alpha value is -1.85. The molecule has 0 aliphatic carbocycles. The second-order valence-corrected chi connectivity index (χ2v) is 4.93. The van der Waals surface area contributed by atoms with E-state index in [2.05, 4.69) is 10.3 Å². The van der Waals surface area contributed by atoms with Gasteiger partial charge in [-0.2, -0.15) is 0 Å². The van der Waals surface area contributed by atoms with Crippen LogP contribution in [-0.4, -0.2) is 32.6 Å². The third-order valence-electron chi connectivity index (χ3n) is 3.05. The van der Waals surface area contributed by atoms with Gasteiger partial charge in [-0.15, -0.1) is 0 Å². The van der Waals surface area contributed by atoms with E-state index < -0.39 is 5.97 Å². The second kappa shape index (κ2) is 6.92. The summed E-state index contributed by atoms with van der Waals surface area (Å²) >= 11 is 0. The lowest BCUT2D eigenvalue weighted by Crippen LogP contribution is -2.40. The Morgan fingerprint density at radius 1 is 1.47 bits per heavy atom. The molecule has 6 nitrogen and oxygen atoms in total. The molecule has 2 N–H and O–H groups in total. The van der Waals surface area contributed by atoms with E-state index in [-0.39, 0.29) is 24.3 Å². The number of hydrogen-bond acceptors (Lipinski definition) is 3. The van der Waals surface area contributed by atoms with Crippen LogP contribution in [0.2, 0.25) is 0 Å². The van der Waals surface area contributed by atoms with Crippen molar-refractivity contribution in [3.63, 3.8) is 0 Å². The first-order valence-electron chi connectivity index (χ1n) is 6.39. The highest BCUT2D eigenvalue weighted by Crippen LogP contribution is 2.07. The summed E-state index contributed by atoms with van der Waals surface area (Å²) in [6.07, 6.45) is 3.78. The number of hydrogen-bond donors (Lipinski definition) is 2. The molecule has 19 heavy (non-hydrogen) atoms. The number of amides is 1. The zero-order valence-electron chi connectivity index (χ0n) is 11.6. The Morgan fingerprint density at radius 3 is 2.63 bits per heavy atom. The van der Waals surface area contributed by atoms with Crippen molar-refractivity contribution in [3.8, 4) is 0 Å². The monoisotopic (exact) mass is 267 g/mol. The van der Waals surface area contributed by atoms with Crippen molar-refractivity contribution >= 4 is 11.9 Å². The molecular weight excluding hydrogens is 246 g/mol. The molecule has 0 aliphatic rings. The Labute approximate surface area is 112 Å². The molecule has 0 spiro atoms. The van der Waals surface area contributed by atoms with Crippen molar-refractivity contribution in [3.05, 3.63) is 18.2 Å². The number of carboxylic acid groups (broad SMARTS) is 1. The standard InChI is InChI=1S/C13H21N3O3/c1-9(2)11(8-13(18)19)15-12(17)4-6-16-7-5-14-10(16)3/h5,7,9,11H,4,6,8H2,1-3H3,(H,15,17)(H,18,19)/t11-/m0/s1. The molecule has 1 heterocycles. The van der Waals surface area contributed by atoms with Gasteiger partial charge in [0.25, 0.3) is 0 Å². The van der Waals surface area contributed by atoms with Gasteiger partial charge in [-0.3, -0.25) is 9.59 Å². The van der Waals surface area contributed by atoms with Gasteiger partial charge in [0.2, 0.25) is 5.91 Å². The van der Waals surface area contributed by atoms with Crippen LogP contribution < -0.4 is 5.32 Å².